The minimum absolute atomic E-state index is 0.0893. The Bertz CT molecular complexity index is 632. The predicted octanol–water partition coefficient (Wildman–Crippen LogP) is 2.15. The van der Waals surface area contributed by atoms with Gasteiger partial charge < -0.3 is 5.73 Å². The first-order valence-corrected chi connectivity index (χ1v) is 8.91. The van der Waals surface area contributed by atoms with Crippen LogP contribution in [0, 0.1) is 19.7 Å². The van der Waals surface area contributed by atoms with Crippen molar-refractivity contribution in [2.75, 3.05) is 24.6 Å². The van der Waals surface area contributed by atoms with Gasteiger partial charge in [0.15, 0.2) is 0 Å². The van der Waals surface area contributed by atoms with Gasteiger partial charge in [-0.15, -0.1) is 0 Å². The Labute approximate surface area is 123 Å². The number of aryl methyl sites for hydroxylation is 1. The quantitative estimate of drug-likeness (QED) is 0.849. The van der Waals surface area contributed by atoms with Crippen LogP contribution in [-0.2, 0) is 10.0 Å². The van der Waals surface area contributed by atoms with Gasteiger partial charge in [0.2, 0.25) is 10.0 Å². The van der Waals surface area contributed by atoms with Crippen molar-refractivity contribution in [3.8, 4) is 0 Å². The molecule has 1 unspecified atom stereocenters. The normalized spacial score (nSPS) is 21.1. The minimum Gasteiger partial charge on any atom is -0.396 e. The second kappa shape index (κ2) is 5.54. The summed E-state index contributed by atoms with van der Waals surface area (Å²) in [6.45, 7) is 6.12. The zero-order chi connectivity index (χ0) is 15.1. The molecular weight excluding hydrogens is 299 g/mol. The summed E-state index contributed by atoms with van der Waals surface area (Å²) in [4.78, 5) is 0.149. The van der Waals surface area contributed by atoms with E-state index in [2.05, 4.69) is 0 Å². The number of nitrogens with two attached hydrogens (primary N) is 1. The summed E-state index contributed by atoms with van der Waals surface area (Å²) in [5, 5.41) is 0.261. The molecular formula is C13H19FN2O2S2. The van der Waals surface area contributed by atoms with Gasteiger partial charge in [-0.05, 0) is 31.0 Å². The van der Waals surface area contributed by atoms with E-state index in [1.165, 1.54) is 10.4 Å². The first kappa shape index (κ1) is 15.6. The molecule has 0 bridgehead atoms. The second-order valence-electron chi connectivity index (χ2n) is 5.09. The summed E-state index contributed by atoms with van der Waals surface area (Å²) < 4.78 is 40.6. The molecule has 1 aliphatic rings. The maximum atomic E-state index is 13.6. The fraction of sp³-hybridized carbons (Fsp3) is 0.538. The Morgan fingerprint density at radius 2 is 2.10 bits per heavy atom. The number of sulfonamides is 1. The van der Waals surface area contributed by atoms with E-state index in [0.29, 0.717) is 24.2 Å². The van der Waals surface area contributed by atoms with Crippen molar-refractivity contribution in [2.45, 2.75) is 30.9 Å². The molecule has 0 spiro atoms. The number of anilines is 1. The largest absolute Gasteiger partial charge is 0.396 e. The molecule has 1 saturated heterocycles. The molecule has 1 aromatic rings. The van der Waals surface area contributed by atoms with Gasteiger partial charge in [0, 0.05) is 24.1 Å². The van der Waals surface area contributed by atoms with Gasteiger partial charge in [0.25, 0.3) is 0 Å². The monoisotopic (exact) mass is 318 g/mol. The molecule has 0 radical (unpaired) electrons. The van der Waals surface area contributed by atoms with E-state index in [-0.39, 0.29) is 15.8 Å². The highest BCUT2D eigenvalue weighted by molar-refractivity contribution is 8.00. The Balaban J connectivity index is 2.52. The first-order valence-electron chi connectivity index (χ1n) is 6.42. The molecule has 7 heteroatoms. The van der Waals surface area contributed by atoms with Gasteiger partial charge in [0.1, 0.15) is 5.82 Å². The van der Waals surface area contributed by atoms with Crippen LogP contribution in [-0.4, -0.2) is 36.8 Å². The number of benzene rings is 1. The first-order chi connectivity index (χ1) is 9.25. The molecule has 0 aromatic heterocycles. The zero-order valence-electron chi connectivity index (χ0n) is 11.8. The van der Waals surface area contributed by atoms with Crippen molar-refractivity contribution in [3.05, 3.63) is 23.0 Å². The Morgan fingerprint density at radius 3 is 2.70 bits per heavy atom. The lowest BCUT2D eigenvalue weighted by Crippen LogP contribution is -2.41. The summed E-state index contributed by atoms with van der Waals surface area (Å²) in [5.41, 5.74) is 6.26. The third kappa shape index (κ3) is 2.66. The van der Waals surface area contributed by atoms with Crippen LogP contribution in [0.4, 0.5) is 10.1 Å². The molecule has 0 amide bonds. The van der Waals surface area contributed by atoms with E-state index < -0.39 is 15.8 Å². The summed E-state index contributed by atoms with van der Waals surface area (Å²) in [6, 6.07) is 1.19. The molecule has 20 heavy (non-hydrogen) atoms. The van der Waals surface area contributed by atoms with Crippen LogP contribution in [0.2, 0.25) is 0 Å². The smallest absolute Gasteiger partial charge is 0.243 e. The lowest BCUT2D eigenvalue weighted by atomic mass is 10.1. The Hall–Kier alpha value is -0.790. The van der Waals surface area contributed by atoms with Crippen LogP contribution in [0.25, 0.3) is 0 Å². The van der Waals surface area contributed by atoms with Crippen LogP contribution in [0.15, 0.2) is 11.0 Å². The number of thioether (sulfide) groups is 1. The van der Waals surface area contributed by atoms with Gasteiger partial charge in [-0.1, -0.05) is 6.92 Å². The van der Waals surface area contributed by atoms with Crippen molar-refractivity contribution in [1.29, 1.82) is 0 Å². The van der Waals surface area contributed by atoms with Crippen LogP contribution in [0.1, 0.15) is 18.1 Å². The standard InChI is InChI=1S/C13H19FN2O2S2/c1-8-6-11(14)12(15)10(3)13(8)20(17,18)16-4-5-19-9(2)7-16/h6,9H,4-5,7,15H2,1-3H3. The van der Waals surface area contributed by atoms with Gasteiger partial charge in [-0.3, -0.25) is 0 Å². The average Bonchev–Trinajstić information content (AvgIpc) is 2.36. The number of rotatable bonds is 2. The van der Waals surface area contributed by atoms with Crippen molar-refractivity contribution < 1.29 is 12.8 Å². The third-order valence-electron chi connectivity index (χ3n) is 3.50. The van der Waals surface area contributed by atoms with Crippen LogP contribution < -0.4 is 5.73 Å². The fourth-order valence-corrected chi connectivity index (χ4v) is 5.66. The maximum absolute atomic E-state index is 13.6. The van der Waals surface area contributed by atoms with E-state index in [0.717, 1.165) is 5.75 Å². The number of nitrogens with zero attached hydrogens (tertiary/aromatic N) is 1. The molecule has 2 N–H and O–H groups in total. The molecule has 4 nitrogen and oxygen atoms in total. The van der Waals surface area contributed by atoms with Gasteiger partial charge in [0.05, 0.1) is 10.6 Å². The summed E-state index contributed by atoms with van der Waals surface area (Å²) in [7, 11) is -3.62. The molecule has 1 fully saturated rings. The fourth-order valence-electron chi connectivity index (χ4n) is 2.46. The molecule has 112 valence electrons. The number of hydrogen-bond donors (Lipinski definition) is 1. The van der Waals surface area contributed by atoms with E-state index in [1.54, 1.807) is 25.6 Å². The average molecular weight is 318 g/mol. The van der Waals surface area contributed by atoms with E-state index in [4.69, 9.17) is 5.73 Å². The molecule has 2 rings (SSSR count). The topological polar surface area (TPSA) is 63.4 Å². The predicted molar refractivity (Wildman–Crippen MR) is 81.0 cm³/mol. The Kier molecular flexibility index (Phi) is 4.32. The molecule has 1 heterocycles. The molecule has 1 aromatic carbocycles. The summed E-state index contributed by atoms with van der Waals surface area (Å²) in [6.07, 6.45) is 0. The van der Waals surface area contributed by atoms with E-state index in [1.807, 2.05) is 6.92 Å². The van der Waals surface area contributed by atoms with Crippen molar-refractivity contribution in [1.82, 2.24) is 4.31 Å². The Morgan fingerprint density at radius 1 is 1.45 bits per heavy atom. The van der Waals surface area contributed by atoms with E-state index in [9.17, 15) is 12.8 Å². The SMILES string of the molecule is Cc1cc(F)c(N)c(C)c1S(=O)(=O)N1CCSC(C)C1. The second-order valence-corrected chi connectivity index (χ2v) is 8.51. The number of nitrogen functional groups attached to an aromatic ring is 1. The third-order valence-corrected chi connectivity index (χ3v) is 6.80. The molecule has 1 atom stereocenters. The van der Waals surface area contributed by atoms with Gasteiger partial charge >= 0.3 is 0 Å². The lowest BCUT2D eigenvalue weighted by molar-refractivity contribution is 0.423. The van der Waals surface area contributed by atoms with Crippen LogP contribution in [0.5, 0.6) is 0 Å². The lowest BCUT2D eigenvalue weighted by Gasteiger charge is -2.30. The van der Waals surface area contributed by atoms with Crippen LogP contribution >= 0.6 is 11.8 Å². The number of hydrogen-bond acceptors (Lipinski definition) is 4. The van der Waals surface area contributed by atoms with Crippen LogP contribution in [0.3, 0.4) is 0 Å². The minimum atomic E-state index is -3.62. The maximum Gasteiger partial charge on any atom is 0.243 e. The molecule has 0 aliphatic carbocycles. The van der Waals surface area contributed by atoms with Gasteiger partial charge in [-0.25, -0.2) is 12.8 Å². The van der Waals surface area contributed by atoms with E-state index >= 15 is 0 Å². The van der Waals surface area contributed by atoms with Crippen molar-refractivity contribution in [3.63, 3.8) is 0 Å². The summed E-state index contributed by atoms with van der Waals surface area (Å²) >= 11 is 1.76. The highest BCUT2D eigenvalue weighted by Gasteiger charge is 2.32. The summed E-state index contributed by atoms with van der Waals surface area (Å²) in [5.74, 6) is 0.205. The molecule has 0 saturated carbocycles. The highest BCUT2D eigenvalue weighted by Crippen LogP contribution is 2.31. The molecule has 1 aliphatic heterocycles. The van der Waals surface area contributed by atoms with Crippen molar-refractivity contribution in [2.24, 2.45) is 0 Å². The number of halogens is 1. The van der Waals surface area contributed by atoms with Crippen molar-refractivity contribution >= 4 is 27.5 Å². The highest BCUT2D eigenvalue weighted by atomic mass is 32.2. The van der Waals surface area contributed by atoms with Gasteiger partial charge in [-0.2, -0.15) is 16.1 Å². The zero-order valence-corrected chi connectivity index (χ0v) is 13.4.